The Morgan fingerprint density at radius 1 is 1.11 bits per heavy atom. The molecule has 2 aliphatic heterocycles. The van der Waals surface area contributed by atoms with Gasteiger partial charge in [0.25, 0.3) is 0 Å². The van der Waals surface area contributed by atoms with Gasteiger partial charge in [0, 0.05) is 12.1 Å². The van der Waals surface area contributed by atoms with E-state index < -0.39 is 0 Å². The zero-order valence-electron chi connectivity index (χ0n) is 10.3. The third kappa shape index (κ3) is 1.46. The van der Waals surface area contributed by atoms with Crippen molar-refractivity contribution in [1.29, 1.82) is 0 Å². The van der Waals surface area contributed by atoms with Crippen LogP contribution in [-0.2, 0) is 7.05 Å². The number of rotatable bonds is 0. The van der Waals surface area contributed by atoms with Gasteiger partial charge in [-0.3, -0.25) is 0 Å². The summed E-state index contributed by atoms with van der Waals surface area (Å²) in [5.74, 6) is 1.58. The van der Waals surface area contributed by atoms with E-state index >= 15 is 0 Å². The highest BCUT2D eigenvalue weighted by molar-refractivity contribution is 9.10. The molecule has 0 aromatic heterocycles. The Bertz CT molecular complexity index is 785. The molecule has 0 fully saturated rings. The fourth-order valence-corrected chi connectivity index (χ4v) is 3.38. The SMILES string of the molecule is C[n+]1c2c(Br)cc3c(cc-2c2ccccc21)OCO3. The Morgan fingerprint density at radius 3 is 2.68 bits per heavy atom. The molecule has 94 valence electrons. The third-order valence-corrected chi connectivity index (χ3v) is 4.18. The zero-order chi connectivity index (χ0) is 13.0. The molecule has 0 amide bonds. The Kier molecular flexibility index (Phi) is 2.23. The number of aromatic nitrogens is 1. The number of benzene rings is 1. The lowest BCUT2D eigenvalue weighted by Crippen LogP contribution is -2.28. The smallest absolute Gasteiger partial charge is 0.231 e. The molecule has 0 N–H and O–H groups in total. The van der Waals surface area contributed by atoms with E-state index in [-0.39, 0.29) is 6.79 Å². The van der Waals surface area contributed by atoms with Gasteiger partial charge >= 0.3 is 0 Å². The second-order valence-electron chi connectivity index (χ2n) is 4.61. The van der Waals surface area contributed by atoms with Gasteiger partial charge in [0.05, 0.1) is 15.4 Å². The van der Waals surface area contributed by atoms with Crippen LogP contribution >= 0.6 is 15.9 Å². The molecular weight excluding hydrogens is 306 g/mol. The molecule has 1 aromatic rings. The normalized spacial score (nSPS) is 13.4. The number of halogens is 1. The number of fused-ring (bicyclic) bond motifs is 4. The lowest BCUT2D eigenvalue weighted by molar-refractivity contribution is -0.631. The second kappa shape index (κ2) is 3.84. The third-order valence-electron chi connectivity index (χ3n) is 3.58. The van der Waals surface area contributed by atoms with E-state index in [0.29, 0.717) is 0 Å². The van der Waals surface area contributed by atoms with Crippen LogP contribution in [0.2, 0.25) is 0 Å². The Morgan fingerprint density at radius 2 is 1.84 bits per heavy atom. The van der Waals surface area contributed by atoms with E-state index in [1.807, 2.05) is 6.07 Å². The Labute approximate surface area is 118 Å². The number of hydrogen-bond acceptors (Lipinski definition) is 2. The predicted octanol–water partition coefficient (Wildman–Crippen LogP) is 3.26. The van der Waals surface area contributed by atoms with Crippen LogP contribution in [0.1, 0.15) is 0 Å². The van der Waals surface area contributed by atoms with Crippen LogP contribution in [0, 0.1) is 0 Å². The van der Waals surface area contributed by atoms with Crippen LogP contribution in [0.5, 0.6) is 11.5 Å². The van der Waals surface area contributed by atoms with Gasteiger partial charge < -0.3 is 9.47 Å². The minimum absolute atomic E-state index is 0.290. The molecule has 1 aromatic carbocycles. The number of nitrogens with zero attached hydrogens (tertiary/aromatic N) is 1. The second-order valence-corrected chi connectivity index (χ2v) is 5.46. The fourth-order valence-electron chi connectivity index (χ4n) is 2.70. The van der Waals surface area contributed by atoms with Gasteiger partial charge in [0.1, 0.15) is 7.05 Å². The first-order chi connectivity index (χ1) is 9.25. The fraction of sp³-hybridized carbons (Fsp3) is 0.133. The molecule has 3 nitrogen and oxygen atoms in total. The van der Waals surface area contributed by atoms with E-state index in [1.54, 1.807) is 0 Å². The van der Waals surface area contributed by atoms with Crippen LogP contribution in [0.4, 0.5) is 0 Å². The molecule has 0 atom stereocenters. The minimum atomic E-state index is 0.290. The number of para-hydroxylation sites is 1. The molecule has 3 aliphatic rings. The van der Waals surface area contributed by atoms with Crippen molar-refractivity contribution in [3.63, 3.8) is 0 Å². The first-order valence-corrected chi connectivity index (χ1v) is 6.84. The standard InChI is InChI=1S/C15H11BrNO2/c1-17-12-5-3-2-4-9(12)10-6-13-14(19-8-18-13)7-11(16)15(10)17/h2-7H,8H2,1H3/q+1. The van der Waals surface area contributed by atoms with Gasteiger partial charge in [0.2, 0.25) is 18.0 Å². The molecule has 0 radical (unpaired) electrons. The molecule has 4 rings (SSSR count). The average Bonchev–Trinajstić information content (AvgIpc) is 2.91. The molecule has 4 heteroatoms. The van der Waals surface area contributed by atoms with E-state index in [4.69, 9.17) is 9.47 Å². The van der Waals surface area contributed by atoms with E-state index in [9.17, 15) is 0 Å². The topological polar surface area (TPSA) is 22.3 Å². The summed E-state index contributed by atoms with van der Waals surface area (Å²) in [6, 6.07) is 12.4. The summed E-state index contributed by atoms with van der Waals surface area (Å²) < 4.78 is 14.2. The maximum absolute atomic E-state index is 5.53. The Hall–Kier alpha value is -1.81. The molecule has 0 saturated heterocycles. The summed E-state index contributed by atoms with van der Waals surface area (Å²) >= 11 is 3.65. The van der Waals surface area contributed by atoms with Crippen molar-refractivity contribution in [3.05, 3.63) is 40.9 Å². The van der Waals surface area contributed by atoms with Crippen molar-refractivity contribution in [2.45, 2.75) is 0 Å². The summed E-state index contributed by atoms with van der Waals surface area (Å²) in [6.45, 7) is 0.290. The number of aryl methyl sites for hydroxylation is 1. The molecular formula is C15H11BrNO2+. The van der Waals surface area contributed by atoms with Gasteiger partial charge in [-0.1, -0.05) is 12.1 Å². The van der Waals surface area contributed by atoms with Crippen molar-refractivity contribution < 1.29 is 14.0 Å². The van der Waals surface area contributed by atoms with Gasteiger partial charge in [-0.15, -0.1) is 0 Å². The number of hydrogen-bond donors (Lipinski definition) is 0. The zero-order valence-corrected chi connectivity index (χ0v) is 11.9. The van der Waals surface area contributed by atoms with Crippen molar-refractivity contribution in [2.24, 2.45) is 7.05 Å². The van der Waals surface area contributed by atoms with E-state index in [0.717, 1.165) is 27.2 Å². The first kappa shape index (κ1) is 11.1. The highest BCUT2D eigenvalue weighted by Gasteiger charge is 2.28. The summed E-state index contributed by atoms with van der Waals surface area (Å²) in [6.07, 6.45) is 0. The summed E-state index contributed by atoms with van der Waals surface area (Å²) in [4.78, 5) is 0. The molecule has 0 saturated carbocycles. The Balaban J connectivity index is 2.22. The summed E-state index contributed by atoms with van der Waals surface area (Å²) in [5, 5.41) is 1.22. The van der Waals surface area contributed by atoms with Crippen molar-refractivity contribution in [2.75, 3.05) is 6.79 Å². The monoisotopic (exact) mass is 316 g/mol. The maximum Gasteiger partial charge on any atom is 0.231 e. The molecule has 1 aliphatic carbocycles. The first-order valence-electron chi connectivity index (χ1n) is 6.05. The van der Waals surface area contributed by atoms with Crippen molar-refractivity contribution in [1.82, 2.24) is 0 Å². The van der Waals surface area contributed by atoms with Crippen molar-refractivity contribution in [3.8, 4) is 22.8 Å². The highest BCUT2D eigenvalue weighted by Crippen LogP contribution is 2.42. The van der Waals surface area contributed by atoms with Crippen LogP contribution in [0.25, 0.3) is 22.2 Å². The lowest BCUT2D eigenvalue weighted by atomic mass is 10.1. The minimum Gasteiger partial charge on any atom is -0.454 e. The predicted molar refractivity (Wildman–Crippen MR) is 75.6 cm³/mol. The van der Waals surface area contributed by atoms with Crippen LogP contribution < -0.4 is 14.0 Å². The van der Waals surface area contributed by atoms with Gasteiger partial charge in [-0.05, 0) is 28.1 Å². The van der Waals surface area contributed by atoms with Gasteiger partial charge in [-0.2, -0.15) is 4.57 Å². The molecule has 2 heterocycles. The molecule has 0 unspecified atom stereocenters. The summed E-state index contributed by atoms with van der Waals surface area (Å²) in [7, 11) is 2.07. The quantitative estimate of drug-likeness (QED) is 0.594. The lowest BCUT2D eigenvalue weighted by Gasteiger charge is -1.93. The molecule has 19 heavy (non-hydrogen) atoms. The summed E-state index contributed by atoms with van der Waals surface area (Å²) in [5.41, 5.74) is 3.51. The van der Waals surface area contributed by atoms with Gasteiger partial charge in [0.15, 0.2) is 11.5 Å². The van der Waals surface area contributed by atoms with Gasteiger partial charge in [-0.25, -0.2) is 0 Å². The van der Waals surface area contributed by atoms with Crippen LogP contribution in [0.15, 0.2) is 40.9 Å². The van der Waals surface area contributed by atoms with E-state index in [2.05, 4.69) is 57.9 Å². The van der Waals surface area contributed by atoms with Crippen LogP contribution in [0.3, 0.4) is 0 Å². The molecule has 0 spiro atoms. The highest BCUT2D eigenvalue weighted by atomic mass is 79.9. The average molecular weight is 317 g/mol. The molecule has 0 bridgehead atoms. The van der Waals surface area contributed by atoms with Crippen molar-refractivity contribution >= 4 is 26.8 Å². The largest absolute Gasteiger partial charge is 0.454 e. The van der Waals surface area contributed by atoms with E-state index in [1.165, 1.54) is 10.9 Å². The maximum atomic E-state index is 5.53. The van der Waals surface area contributed by atoms with Crippen LogP contribution in [-0.4, -0.2) is 6.79 Å². The number of ether oxygens (including phenoxy) is 2.